The van der Waals surface area contributed by atoms with Gasteiger partial charge in [0.1, 0.15) is 0 Å². The summed E-state index contributed by atoms with van der Waals surface area (Å²) < 4.78 is 0.987. The number of halogens is 2. The highest BCUT2D eigenvalue weighted by Crippen LogP contribution is 2.29. The lowest BCUT2D eigenvalue weighted by atomic mass is 10.1. The van der Waals surface area contributed by atoms with Crippen LogP contribution in [0.15, 0.2) is 58.3 Å². The van der Waals surface area contributed by atoms with Crippen molar-refractivity contribution in [3.05, 3.63) is 74.9 Å². The number of aromatic amines is 1. The van der Waals surface area contributed by atoms with Crippen molar-refractivity contribution in [2.75, 3.05) is 20.1 Å². The van der Waals surface area contributed by atoms with E-state index >= 15 is 0 Å². The third-order valence-electron chi connectivity index (χ3n) is 5.72. The first-order valence-corrected chi connectivity index (χ1v) is 12.2. The van der Waals surface area contributed by atoms with Crippen molar-refractivity contribution >= 4 is 54.9 Å². The smallest absolute Gasteiger partial charge is 0.162 e. The van der Waals surface area contributed by atoms with E-state index in [1.54, 1.807) is 0 Å². The molecule has 0 fully saturated rings. The Balaban J connectivity index is 1.81. The molecule has 0 saturated heterocycles. The molecule has 4 nitrogen and oxygen atoms in total. The molecule has 2 aromatic carbocycles. The van der Waals surface area contributed by atoms with Gasteiger partial charge in [-0.3, -0.25) is 0 Å². The van der Waals surface area contributed by atoms with Crippen LogP contribution < -0.4 is 5.49 Å². The topological polar surface area (TPSA) is 44.3 Å². The molecule has 6 heteroatoms. The van der Waals surface area contributed by atoms with Crippen molar-refractivity contribution in [1.82, 2.24) is 14.9 Å². The minimum atomic E-state index is 0.626. The number of aryl methyl sites for hydroxylation is 2. The van der Waals surface area contributed by atoms with Gasteiger partial charge in [0.15, 0.2) is 5.49 Å². The van der Waals surface area contributed by atoms with Crippen LogP contribution in [0.2, 0.25) is 5.02 Å². The molecule has 0 aliphatic rings. The van der Waals surface area contributed by atoms with E-state index < -0.39 is 0 Å². The summed E-state index contributed by atoms with van der Waals surface area (Å²) in [4.78, 5) is 15.5. The third kappa shape index (κ3) is 5.06. The van der Waals surface area contributed by atoms with Crippen LogP contribution in [0.5, 0.6) is 0 Å². The van der Waals surface area contributed by atoms with Gasteiger partial charge in [-0.1, -0.05) is 30.7 Å². The molecule has 0 bridgehead atoms. The minimum absolute atomic E-state index is 0.626. The Morgan fingerprint density at radius 2 is 1.97 bits per heavy atom. The van der Waals surface area contributed by atoms with Crippen LogP contribution in [-0.2, 0) is 6.42 Å². The average molecular weight is 512 g/mol. The molecular weight excluding hydrogens is 484 g/mol. The van der Waals surface area contributed by atoms with E-state index in [0.717, 1.165) is 63.3 Å². The van der Waals surface area contributed by atoms with Gasteiger partial charge in [-0.2, -0.15) is 0 Å². The number of aromatic nitrogens is 2. The first-order valence-electron chi connectivity index (χ1n) is 11.0. The van der Waals surface area contributed by atoms with Gasteiger partial charge in [0.2, 0.25) is 0 Å². The Labute approximate surface area is 202 Å². The summed E-state index contributed by atoms with van der Waals surface area (Å²) in [6.07, 6.45) is 7.30. The highest BCUT2D eigenvalue weighted by atomic mass is 79.9. The molecule has 1 N–H and O–H groups in total. The first-order chi connectivity index (χ1) is 15.5. The molecule has 166 valence electrons. The summed E-state index contributed by atoms with van der Waals surface area (Å²) >= 11 is 10.2. The molecule has 0 aliphatic heterocycles. The summed E-state index contributed by atoms with van der Waals surface area (Å²) in [7, 11) is 2.19. The Kier molecular flexibility index (Phi) is 7.29. The summed E-state index contributed by atoms with van der Waals surface area (Å²) in [5, 5.41) is 3.76. The van der Waals surface area contributed by atoms with Gasteiger partial charge in [-0.15, -0.1) is 0 Å². The zero-order valence-corrected chi connectivity index (χ0v) is 21.1. The maximum Gasteiger partial charge on any atom is 0.162 e. The molecule has 0 radical (unpaired) electrons. The molecule has 2 aromatic heterocycles. The van der Waals surface area contributed by atoms with Gasteiger partial charge in [0.05, 0.1) is 16.2 Å². The molecule has 4 rings (SSSR count). The molecule has 0 amide bonds. The standard InChI is InChI=1S/C26H28BrClN4/c1-4-10-32(3)11-6-8-18-12-19-14-20-15-29-16-21(20)26(31-25(19)22(27)13-18)30-24-17(2)7-5-9-23(24)28/h5,7,9,12-16,29H,4,6,8,10-11H2,1-3H3. The largest absolute Gasteiger partial charge is 0.366 e. The van der Waals surface area contributed by atoms with Gasteiger partial charge in [-0.25, -0.2) is 9.98 Å². The fraction of sp³-hybridized carbons (Fsp3) is 0.308. The molecule has 32 heavy (non-hydrogen) atoms. The van der Waals surface area contributed by atoms with Crippen molar-refractivity contribution in [2.45, 2.75) is 33.1 Å². The number of para-hydroxylation sites is 1. The number of nitrogens with zero attached hydrogens (tertiary/aromatic N) is 3. The normalized spacial score (nSPS) is 12.4. The molecule has 4 aromatic rings. The lowest BCUT2D eigenvalue weighted by molar-refractivity contribution is 0.330. The Hall–Kier alpha value is -2.21. The predicted octanol–water partition coefficient (Wildman–Crippen LogP) is 6.95. The zero-order chi connectivity index (χ0) is 22.7. The fourth-order valence-corrected chi connectivity index (χ4v) is 4.95. The molecule has 0 spiro atoms. The van der Waals surface area contributed by atoms with E-state index in [4.69, 9.17) is 21.6 Å². The SMILES string of the molecule is CCCN(C)CCCc1cc(Br)c2nc(=Nc3c(C)cccc3Cl)c3c[nH]cc3cc2c1. The van der Waals surface area contributed by atoms with Crippen molar-refractivity contribution in [3.8, 4) is 0 Å². The van der Waals surface area contributed by atoms with Crippen LogP contribution in [0.1, 0.15) is 30.9 Å². The van der Waals surface area contributed by atoms with Gasteiger partial charge in [0.25, 0.3) is 0 Å². The average Bonchev–Trinajstić information content (AvgIpc) is 3.14. The summed E-state index contributed by atoms with van der Waals surface area (Å²) in [6.45, 7) is 6.48. The van der Waals surface area contributed by atoms with Gasteiger partial charge < -0.3 is 9.88 Å². The molecule has 0 unspecified atom stereocenters. The maximum atomic E-state index is 6.46. The summed E-state index contributed by atoms with van der Waals surface area (Å²) in [6, 6.07) is 12.4. The van der Waals surface area contributed by atoms with Crippen LogP contribution in [-0.4, -0.2) is 35.0 Å². The molecule has 2 heterocycles. The van der Waals surface area contributed by atoms with Crippen LogP contribution >= 0.6 is 27.5 Å². The summed E-state index contributed by atoms with van der Waals surface area (Å²) in [5.41, 5.74) is 4.64. The van der Waals surface area contributed by atoms with E-state index in [1.165, 1.54) is 12.0 Å². The van der Waals surface area contributed by atoms with E-state index in [9.17, 15) is 0 Å². The van der Waals surface area contributed by atoms with E-state index in [0.29, 0.717) is 10.5 Å². The van der Waals surface area contributed by atoms with E-state index in [1.807, 2.05) is 37.5 Å². The van der Waals surface area contributed by atoms with Crippen molar-refractivity contribution < 1.29 is 0 Å². The van der Waals surface area contributed by atoms with Crippen LogP contribution in [0.4, 0.5) is 5.69 Å². The highest BCUT2D eigenvalue weighted by molar-refractivity contribution is 9.10. The number of nitrogens with one attached hydrogen (secondary N) is 1. The minimum Gasteiger partial charge on any atom is -0.366 e. The van der Waals surface area contributed by atoms with Gasteiger partial charge >= 0.3 is 0 Å². The van der Waals surface area contributed by atoms with Crippen molar-refractivity contribution in [1.29, 1.82) is 0 Å². The predicted molar refractivity (Wildman–Crippen MR) is 139 cm³/mol. The lowest BCUT2D eigenvalue weighted by Crippen LogP contribution is -2.20. The number of hydrogen-bond acceptors (Lipinski definition) is 3. The zero-order valence-electron chi connectivity index (χ0n) is 18.8. The summed E-state index contributed by atoms with van der Waals surface area (Å²) in [5.74, 6) is 0. The van der Waals surface area contributed by atoms with Crippen molar-refractivity contribution in [3.63, 3.8) is 0 Å². The number of hydrogen-bond donors (Lipinski definition) is 1. The maximum absolute atomic E-state index is 6.46. The Morgan fingerprint density at radius 1 is 1.12 bits per heavy atom. The Morgan fingerprint density at radius 3 is 2.75 bits per heavy atom. The van der Waals surface area contributed by atoms with Crippen LogP contribution in [0.25, 0.3) is 21.7 Å². The fourth-order valence-electron chi connectivity index (χ4n) is 4.08. The monoisotopic (exact) mass is 510 g/mol. The first kappa shape index (κ1) is 23.0. The second-order valence-corrected chi connectivity index (χ2v) is 9.61. The number of benzene rings is 2. The molecular formula is C26H28BrClN4. The molecule has 0 saturated carbocycles. The van der Waals surface area contributed by atoms with Crippen LogP contribution in [0, 0.1) is 6.92 Å². The van der Waals surface area contributed by atoms with Crippen LogP contribution in [0.3, 0.4) is 0 Å². The molecule has 0 aliphatic carbocycles. The highest BCUT2D eigenvalue weighted by Gasteiger charge is 2.09. The number of H-pyrrole nitrogens is 1. The Bertz CT molecular complexity index is 1310. The lowest BCUT2D eigenvalue weighted by Gasteiger charge is -2.15. The third-order valence-corrected chi connectivity index (χ3v) is 6.63. The van der Waals surface area contributed by atoms with Crippen molar-refractivity contribution in [2.24, 2.45) is 4.99 Å². The quantitative estimate of drug-likeness (QED) is 0.292. The molecule has 0 atom stereocenters. The van der Waals surface area contributed by atoms with Gasteiger partial charge in [-0.05, 0) is 97.6 Å². The number of fused-ring (bicyclic) bond motifs is 2. The van der Waals surface area contributed by atoms with E-state index in [2.05, 4.69) is 58.0 Å². The number of rotatable bonds is 7. The second kappa shape index (κ2) is 10.2. The van der Waals surface area contributed by atoms with Gasteiger partial charge in [0, 0.05) is 33.0 Å². The van der Waals surface area contributed by atoms with E-state index in [-0.39, 0.29) is 0 Å². The second-order valence-electron chi connectivity index (χ2n) is 8.34.